The maximum Gasteiger partial charge on any atom is 0.255 e. The predicted molar refractivity (Wildman–Crippen MR) is 104 cm³/mol. The predicted octanol–water partition coefficient (Wildman–Crippen LogP) is 4.09. The summed E-state index contributed by atoms with van der Waals surface area (Å²) >= 11 is 0. The van der Waals surface area contributed by atoms with Crippen LogP contribution in [0.3, 0.4) is 0 Å². The lowest BCUT2D eigenvalue weighted by Gasteiger charge is -2.08. The number of nitrogens with one attached hydrogen (secondary N) is 1. The number of anilines is 1. The second-order valence-corrected chi connectivity index (χ2v) is 6.55. The number of nitrogens with zero attached hydrogens (tertiary/aromatic N) is 3. The van der Waals surface area contributed by atoms with Crippen LogP contribution < -0.4 is 5.32 Å². The quantitative estimate of drug-likeness (QED) is 0.532. The third-order valence-electron chi connectivity index (χ3n) is 4.86. The number of amides is 1. The first kappa shape index (κ1) is 15.5. The van der Waals surface area contributed by atoms with Crippen LogP contribution in [0.5, 0.6) is 0 Å². The van der Waals surface area contributed by atoms with Crippen LogP contribution in [0, 0.1) is 0 Å². The standard InChI is InChI=1S/C22H16N4O/c27-22(15-5-8-19(9-6-15)26-14-23-13-24-26)25-18-7-10-21-17(12-18)11-16-3-1-2-4-20(16)21/h1-10,12-14H,11H2,(H,25,27). The molecule has 0 saturated carbocycles. The Labute approximate surface area is 156 Å². The lowest BCUT2D eigenvalue weighted by atomic mass is 10.1. The van der Waals surface area contributed by atoms with Crippen molar-refractivity contribution in [1.29, 1.82) is 0 Å². The normalized spacial score (nSPS) is 11.7. The number of carbonyl (C=O) groups excluding carboxylic acids is 1. The van der Waals surface area contributed by atoms with Gasteiger partial charge in [0.1, 0.15) is 12.7 Å². The third-order valence-corrected chi connectivity index (χ3v) is 4.86. The molecule has 5 nitrogen and oxygen atoms in total. The average Bonchev–Trinajstić information content (AvgIpc) is 3.35. The average molecular weight is 352 g/mol. The van der Waals surface area contributed by atoms with Gasteiger partial charge in [-0.1, -0.05) is 30.3 Å². The highest BCUT2D eigenvalue weighted by molar-refractivity contribution is 6.04. The van der Waals surface area contributed by atoms with Crippen molar-refractivity contribution < 1.29 is 4.79 Å². The fraction of sp³-hybridized carbons (Fsp3) is 0.0455. The molecule has 0 unspecified atom stereocenters. The monoisotopic (exact) mass is 352 g/mol. The molecule has 0 aliphatic heterocycles. The second kappa shape index (κ2) is 6.21. The van der Waals surface area contributed by atoms with Gasteiger partial charge in [0.05, 0.1) is 5.69 Å². The van der Waals surface area contributed by atoms with Gasteiger partial charge in [0.15, 0.2) is 0 Å². The first-order valence-electron chi connectivity index (χ1n) is 8.75. The van der Waals surface area contributed by atoms with Crippen LogP contribution in [0.4, 0.5) is 5.69 Å². The van der Waals surface area contributed by atoms with Gasteiger partial charge in [0, 0.05) is 11.3 Å². The van der Waals surface area contributed by atoms with Gasteiger partial charge >= 0.3 is 0 Å². The van der Waals surface area contributed by atoms with Crippen molar-refractivity contribution in [3.05, 3.63) is 96.1 Å². The Balaban J connectivity index is 1.35. The van der Waals surface area contributed by atoms with E-state index in [1.54, 1.807) is 23.1 Å². The minimum absolute atomic E-state index is 0.129. The zero-order chi connectivity index (χ0) is 18.2. The second-order valence-electron chi connectivity index (χ2n) is 6.55. The lowest BCUT2D eigenvalue weighted by molar-refractivity contribution is 0.102. The number of aromatic nitrogens is 3. The number of fused-ring (bicyclic) bond motifs is 3. The minimum atomic E-state index is -0.129. The number of rotatable bonds is 3. The van der Waals surface area contributed by atoms with E-state index in [4.69, 9.17) is 0 Å². The highest BCUT2D eigenvalue weighted by Gasteiger charge is 2.18. The molecule has 0 saturated heterocycles. The van der Waals surface area contributed by atoms with E-state index in [-0.39, 0.29) is 5.91 Å². The van der Waals surface area contributed by atoms with Crippen LogP contribution in [0.1, 0.15) is 21.5 Å². The molecule has 5 rings (SSSR count). The number of carbonyl (C=O) groups is 1. The lowest BCUT2D eigenvalue weighted by Crippen LogP contribution is -2.12. The Morgan fingerprint density at radius 3 is 2.56 bits per heavy atom. The van der Waals surface area contributed by atoms with Gasteiger partial charge in [0.25, 0.3) is 5.91 Å². The fourth-order valence-corrected chi connectivity index (χ4v) is 3.53. The molecule has 27 heavy (non-hydrogen) atoms. The van der Waals surface area contributed by atoms with E-state index < -0.39 is 0 Å². The van der Waals surface area contributed by atoms with Crippen LogP contribution in [-0.4, -0.2) is 20.7 Å². The molecule has 1 aromatic heterocycles. The van der Waals surface area contributed by atoms with Crippen molar-refractivity contribution in [1.82, 2.24) is 14.8 Å². The van der Waals surface area contributed by atoms with E-state index in [2.05, 4.69) is 51.8 Å². The maximum absolute atomic E-state index is 12.6. The Morgan fingerprint density at radius 1 is 0.926 bits per heavy atom. The van der Waals surface area contributed by atoms with E-state index in [9.17, 15) is 4.79 Å². The molecular formula is C22H16N4O. The molecule has 0 fully saturated rings. The number of hydrogen-bond donors (Lipinski definition) is 1. The van der Waals surface area contributed by atoms with Crippen LogP contribution in [0.2, 0.25) is 0 Å². The van der Waals surface area contributed by atoms with E-state index in [0.29, 0.717) is 5.56 Å². The number of benzene rings is 3. The molecule has 0 radical (unpaired) electrons. The minimum Gasteiger partial charge on any atom is -0.322 e. The van der Waals surface area contributed by atoms with Gasteiger partial charge < -0.3 is 5.32 Å². The van der Waals surface area contributed by atoms with Crippen molar-refractivity contribution in [3.63, 3.8) is 0 Å². The first-order chi connectivity index (χ1) is 13.3. The van der Waals surface area contributed by atoms with Crippen molar-refractivity contribution in [2.24, 2.45) is 0 Å². The van der Waals surface area contributed by atoms with Gasteiger partial charge in [-0.2, -0.15) is 5.10 Å². The van der Waals surface area contributed by atoms with Crippen molar-refractivity contribution in [2.45, 2.75) is 6.42 Å². The van der Waals surface area contributed by atoms with Crippen LogP contribution >= 0.6 is 0 Å². The molecule has 1 aliphatic carbocycles. The van der Waals surface area contributed by atoms with Gasteiger partial charge in [-0.3, -0.25) is 4.79 Å². The van der Waals surface area contributed by atoms with Gasteiger partial charge in [-0.25, -0.2) is 9.67 Å². The Morgan fingerprint density at radius 2 is 1.74 bits per heavy atom. The summed E-state index contributed by atoms with van der Waals surface area (Å²) < 4.78 is 1.65. The smallest absolute Gasteiger partial charge is 0.255 e. The van der Waals surface area contributed by atoms with E-state index in [1.807, 2.05) is 18.2 Å². The van der Waals surface area contributed by atoms with Crippen LogP contribution in [0.25, 0.3) is 16.8 Å². The van der Waals surface area contributed by atoms with Gasteiger partial charge in [-0.15, -0.1) is 0 Å². The topological polar surface area (TPSA) is 59.8 Å². The van der Waals surface area contributed by atoms with Crippen LogP contribution in [0.15, 0.2) is 79.4 Å². The first-order valence-corrected chi connectivity index (χ1v) is 8.75. The summed E-state index contributed by atoms with van der Waals surface area (Å²) in [7, 11) is 0. The number of hydrogen-bond acceptors (Lipinski definition) is 3. The molecule has 1 amide bonds. The molecule has 1 heterocycles. The highest BCUT2D eigenvalue weighted by Crippen LogP contribution is 2.37. The summed E-state index contributed by atoms with van der Waals surface area (Å²) in [6.45, 7) is 0. The molecule has 1 N–H and O–H groups in total. The summed E-state index contributed by atoms with van der Waals surface area (Å²) in [6.07, 6.45) is 4.01. The molecule has 0 bridgehead atoms. The summed E-state index contributed by atoms with van der Waals surface area (Å²) in [5, 5.41) is 7.08. The van der Waals surface area contributed by atoms with E-state index >= 15 is 0 Å². The summed E-state index contributed by atoms with van der Waals surface area (Å²) in [6, 6.07) is 21.8. The Bertz CT molecular complexity index is 1130. The molecule has 5 heteroatoms. The summed E-state index contributed by atoms with van der Waals surface area (Å²) in [4.78, 5) is 16.5. The van der Waals surface area contributed by atoms with Crippen molar-refractivity contribution in [3.8, 4) is 16.8 Å². The zero-order valence-corrected chi connectivity index (χ0v) is 14.5. The van der Waals surface area contributed by atoms with Crippen LogP contribution in [-0.2, 0) is 6.42 Å². The molecule has 0 atom stereocenters. The third kappa shape index (κ3) is 2.79. The Kier molecular flexibility index (Phi) is 3.57. The molecular weight excluding hydrogens is 336 g/mol. The van der Waals surface area contributed by atoms with E-state index in [1.165, 1.54) is 28.6 Å². The highest BCUT2D eigenvalue weighted by atomic mass is 16.1. The largest absolute Gasteiger partial charge is 0.322 e. The zero-order valence-electron chi connectivity index (χ0n) is 14.5. The summed E-state index contributed by atoms with van der Waals surface area (Å²) in [5.41, 5.74) is 7.39. The molecule has 4 aromatic rings. The van der Waals surface area contributed by atoms with Gasteiger partial charge in [-0.05, 0) is 65.1 Å². The molecule has 3 aromatic carbocycles. The molecule has 130 valence electrons. The molecule has 1 aliphatic rings. The van der Waals surface area contributed by atoms with E-state index in [0.717, 1.165) is 17.8 Å². The SMILES string of the molecule is O=C(Nc1ccc2c(c1)Cc1ccccc1-2)c1ccc(-n2cncn2)cc1. The van der Waals surface area contributed by atoms with Crippen molar-refractivity contribution in [2.75, 3.05) is 5.32 Å². The molecule has 0 spiro atoms. The fourth-order valence-electron chi connectivity index (χ4n) is 3.53. The van der Waals surface area contributed by atoms with Crippen molar-refractivity contribution >= 4 is 11.6 Å². The Hall–Kier alpha value is -3.73. The van der Waals surface area contributed by atoms with Gasteiger partial charge in [0.2, 0.25) is 0 Å². The maximum atomic E-state index is 12.6. The summed E-state index contributed by atoms with van der Waals surface area (Å²) in [5.74, 6) is -0.129.